The fraction of sp³-hybridized carbons (Fsp3) is 0.211. The van der Waals surface area contributed by atoms with Gasteiger partial charge in [-0.1, -0.05) is 30.3 Å². The number of pyridine rings is 1. The summed E-state index contributed by atoms with van der Waals surface area (Å²) in [6, 6.07) is 15.6. The SMILES string of the molecule is O=C(Nc1ccn(Cc2ccccn2)n1)N[C@@H]1CCc2ccccc21. The maximum Gasteiger partial charge on any atom is 0.320 e. The van der Waals surface area contributed by atoms with E-state index in [1.807, 2.05) is 36.5 Å². The second kappa shape index (κ2) is 6.76. The molecule has 0 aliphatic heterocycles. The van der Waals surface area contributed by atoms with Crippen molar-refractivity contribution >= 4 is 11.8 Å². The summed E-state index contributed by atoms with van der Waals surface area (Å²) in [4.78, 5) is 16.5. The van der Waals surface area contributed by atoms with Crippen molar-refractivity contribution in [3.63, 3.8) is 0 Å². The van der Waals surface area contributed by atoms with Crippen LogP contribution in [0, 0.1) is 0 Å². The fourth-order valence-corrected chi connectivity index (χ4v) is 3.19. The van der Waals surface area contributed by atoms with Crippen LogP contribution in [0.1, 0.15) is 29.3 Å². The number of hydrogen-bond donors (Lipinski definition) is 2. The van der Waals surface area contributed by atoms with Gasteiger partial charge in [-0.15, -0.1) is 0 Å². The molecule has 3 aromatic rings. The van der Waals surface area contributed by atoms with Gasteiger partial charge in [0.1, 0.15) is 0 Å². The number of rotatable bonds is 4. The molecule has 1 aliphatic carbocycles. The zero-order valence-corrected chi connectivity index (χ0v) is 13.7. The van der Waals surface area contributed by atoms with Crippen molar-refractivity contribution in [3.8, 4) is 0 Å². The smallest absolute Gasteiger partial charge is 0.320 e. The highest BCUT2D eigenvalue weighted by atomic mass is 16.2. The quantitative estimate of drug-likeness (QED) is 0.770. The number of benzene rings is 1. The molecule has 25 heavy (non-hydrogen) atoms. The average Bonchev–Trinajstić information content (AvgIpc) is 3.23. The van der Waals surface area contributed by atoms with E-state index >= 15 is 0 Å². The normalized spacial score (nSPS) is 15.6. The summed E-state index contributed by atoms with van der Waals surface area (Å²) in [5.41, 5.74) is 3.44. The van der Waals surface area contributed by atoms with Crippen molar-refractivity contribution in [1.29, 1.82) is 0 Å². The first-order chi connectivity index (χ1) is 12.3. The second-order valence-electron chi connectivity index (χ2n) is 6.11. The van der Waals surface area contributed by atoms with Crippen LogP contribution in [0.4, 0.5) is 10.6 Å². The molecule has 0 saturated carbocycles. The lowest BCUT2D eigenvalue weighted by atomic mass is 10.1. The Kier molecular flexibility index (Phi) is 4.16. The van der Waals surface area contributed by atoms with E-state index in [0.29, 0.717) is 12.4 Å². The number of aryl methyl sites for hydroxylation is 1. The average molecular weight is 333 g/mol. The van der Waals surface area contributed by atoms with Gasteiger partial charge in [0.25, 0.3) is 0 Å². The topological polar surface area (TPSA) is 71.8 Å². The largest absolute Gasteiger partial charge is 0.331 e. The summed E-state index contributed by atoms with van der Waals surface area (Å²) < 4.78 is 1.75. The van der Waals surface area contributed by atoms with Crippen molar-refractivity contribution in [1.82, 2.24) is 20.1 Å². The van der Waals surface area contributed by atoms with E-state index in [4.69, 9.17) is 0 Å². The number of aromatic nitrogens is 3. The molecule has 1 aliphatic rings. The third kappa shape index (κ3) is 3.52. The third-order valence-corrected chi connectivity index (χ3v) is 4.37. The predicted octanol–water partition coefficient (Wildman–Crippen LogP) is 3.14. The molecular formula is C19H19N5O. The Bertz CT molecular complexity index is 874. The molecule has 2 heterocycles. The summed E-state index contributed by atoms with van der Waals surface area (Å²) in [5.74, 6) is 0.528. The molecule has 1 aromatic carbocycles. The molecule has 0 bridgehead atoms. The first-order valence-electron chi connectivity index (χ1n) is 8.36. The van der Waals surface area contributed by atoms with Crippen molar-refractivity contribution in [2.24, 2.45) is 0 Å². The summed E-state index contributed by atoms with van der Waals surface area (Å²) in [6.07, 6.45) is 5.51. The summed E-state index contributed by atoms with van der Waals surface area (Å²) in [5, 5.41) is 10.2. The number of anilines is 1. The van der Waals surface area contributed by atoms with Crippen LogP contribution in [0.25, 0.3) is 0 Å². The molecule has 6 nitrogen and oxygen atoms in total. The lowest BCUT2D eigenvalue weighted by Gasteiger charge is -2.14. The Balaban J connectivity index is 1.36. The molecule has 0 saturated heterocycles. The maximum atomic E-state index is 12.3. The molecule has 2 N–H and O–H groups in total. The van der Waals surface area contributed by atoms with Gasteiger partial charge in [-0.05, 0) is 36.1 Å². The number of carbonyl (C=O) groups is 1. The monoisotopic (exact) mass is 333 g/mol. The van der Waals surface area contributed by atoms with E-state index < -0.39 is 0 Å². The lowest BCUT2D eigenvalue weighted by molar-refractivity contribution is 0.248. The van der Waals surface area contributed by atoms with E-state index in [1.54, 1.807) is 16.9 Å². The number of fused-ring (bicyclic) bond motifs is 1. The molecule has 6 heteroatoms. The first-order valence-corrected chi connectivity index (χ1v) is 8.36. The Hall–Kier alpha value is -3.15. The zero-order valence-electron chi connectivity index (χ0n) is 13.7. The molecule has 0 radical (unpaired) electrons. The van der Waals surface area contributed by atoms with E-state index in [2.05, 4.69) is 32.8 Å². The van der Waals surface area contributed by atoms with Crippen LogP contribution in [0.5, 0.6) is 0 Å². The van der Waals surface area contributed by atoms with Gasteiger partial charge in [0.05, 0.1) is 18.3 Å². The lowest BCUT2D eigenvalue weighted by Crippen LogP contribution is -2.31. The Morgan fingerprint density at radius 3 is 2.92 bits per heavy atom. The van der Waals surface area contributed by atoms with E-state index in [-0.39, 0.29) is 12.1 Å². The van der Waals surface area contributed by atoms with Crippen molar-refractivity contribution in [2.75, 3.05) is 5.32 Å². The molecule has 1 atom stereocenters. The Labute approximate surface area is 145 Å². The number of nitrogens with one attached hydrogen (secondary N) is 2. The third-order valence-electron chi connectivity index (χ3n) is 4.37. The van der Waals surface area contributed by atoms with Gasteiger partial charge in [-0.3, -0.25) is 15.0 Å². The van der Waals surface area contributed by atoms with Crippen molar-refractivity contribution in [3.05, 3.63) is 77.7 Å². The Morgan fingerprint density at radius 1 is 1.16 bits per heavy atom. The minimum absolute atomic E-state index is 0.0619. The van der Waals surface area contributed by atoms with Crippen molar-refractivity contribution in [2.45, 2.75) is 25.4 Å². The van der Waals surface area contributed by atoms with Gasteiger partial charge in [0, 0.05) is 18.5 Å². The zero-order chi connectivity index (χ0) is 17.1. The van der Waals surface area contributed by atoms with E-state index in [0.717, 1.165) is 18.5 Å². The van der Waals surface area contributed by atoms with Gasteiger partial charge in [-0.25, -0.2) is 4.79 Å². The molecule has 0 spiro atoms. The van der Waals surface area contributed by atoms with Crippen LogP contribution in [-0.4, -0.2) is 20.8 Å². The van der Waals surface area contributed by atoms with Gasteiger partial charge in [0.15, 0.2) is 5.82 Å². The van der Waals surface area contributed by atoms with Crippen LogP contribution in [0.15, 0.2) is 60.9 Å². The molecule has 2 aromatic heterocycles. The fourth-order valence-electron chi connectivity index (χ4n) is 3.19. The van der Waals surface area contributed by atoms with Crippen LogP contribution in [0.2, 0.25) is 0 Å². The second-order valence-corrected chi connectivity index (χ2v) is 6.11. The molecule has 4 rings (SSSR count). The molecule has 126 valence electrons. The predicted molar refractivity (Wildman–Crippen MR) is 95.2 cm³/mol. The van der Waals surface area contributed by atoms with Crippen LogP contribution in [0.3, 0.4) is 0 Å². The number of hydrogen-bond acceptors (Lipinski definition) is 3. The summed E-state index contributed by atoms with van der Waals surface area (Å²) in [6.45, 7) is 0.570. The summed E-state index contributed by atoms with van der Waals surface area (Å²) in [7, 11) is 0. The maximum absolute atomic E-state index is 12.3. The van der Waals surface area contributed by atoms with Gasteiger partial charge >= 0.3 is 6.03 Å². The van der Waals surface area contributed by atoms with Crippen molar-refractivity contribution < 1.29 is 4.79 Å². The molecule has 0 unspecified atom stereocenters. The first kappa shape index (κ1) is 15.4. The summed E-state index contributed by atoms with van der Waals surface area (Å²) >= 11 is 0. The van der Waals surface area contributed by atoms with Gasteiger partial charge in [0.2, 0.25) is 0 Å². The molecule has 0 fully saturated rings. The van der Waals surface area contributed by atoms with Gasteiger partial charge < -0.3 is 5.32 Å². The van der Waals surface area contributed by atoms with Crippen LogP contribution in [-0.2, 0) is 13.0 Å². The van der Waals surface area contributed by atoms with Crippen LogP contribution < -0.4 is 10.6 Å². The Morgan fingerprint density at radius 2 is 2.04 bits per heavy atom. The number of nitrogens with zero attached hydrogens (tertiary/aromatic N) is 3. The highest BCUT2D eigenvalue weighted by Gasteiger charge is 2.23. The highest BCUT2D eigenvalue weighted by molar-refractivity contribution is 5.88. The number of carbonyl (C=O) groups excluding carboxylic acids is 1. The van der Waals surface area contributed by atoms with E-state index in [1.165, 1.54) is 11.1 Å². The van der Waals surface area contributed by atoms with Gasteiger partial charge in [-0.2, -0.15) is 5.10 Å². The number of urea groups is 1. The molecule has 2 amide bonds. The highest BCUT2D eigenvalue weighted by Crippen LogP contribution is 2.30. The van der Waals surface area contributed by atoms with Crippen LogP contribution >= 0.6 is 0 Å². The minimum atomic E-state index is -0.232. The number of amides is 2. The van der Waals surface area contributed by atoms with E-state index in [9.17, 15) is 4.79 Å². The standard InChI is InChI=1S/C19H19N5O/c25-19(21-17-9-8-14-5-1-2-7-16(14)17)22-18-10-12-24(23-18)13-15-6-3-4-11-20-15/h1-7,10-12,17H,8-9,13H2,(H2,21,22,23,25)/t17-/m1/s1. The molecular weight excluding hydrogens is 314 g/mol. The minimum Gasteiger partial charge on any atom is -0.331 e.